The third kappa shape index (κ3) is 72.3. The van der Waals surface area contributed by atoms with Crippen LogP contribution in [-0.2, 0) is 21.8 Å². The van der Waals surface area contributed by atoms with Crippen LogP contribution in [0.1, 0.15) is 37.8 Å². The molecule has 0 saturated carbocycles. The number of nitrogens with two attached hydrogens (primary N) is 1. The van der Waals surface area contributed by atoms with Crippen LogP contribution in [0.5, 0.6) is 0 Å². The maximum atomic E-state index is 11.5. The molecule has 0 fully saturated rings. The second kappa shape index (κ2) is 75.1. The van der Waals surface area contributed by atoms with E-state index in [-0.39, 0.29) is 23.4 Å². The summed E-state index contributed by atoms with van der Waals surface area (Å²) in [5.41, 5.74) is 7.62. The number of nitrogens with one attached hydrogen (secondary N) is 1. The Labute approximate surface area is 601 Å². The number of hydrogen-bond donors (Lipinski definition) is 2. The van der Waals surface area contributed by atoms with Crippen LogP contribution < -0.4 is 11.1 Å². The summed E-state index contributed by atoms with van der Waals surface area (Å²) in [4.78, 5) is 22.4. The fourth-order valence-electron chi connectivity index (χ4n) is 4.04. The molecule has 1 aromatic rings. The van der Waals surface area contributed by atoms with Crippen molar-refractivity contribution in [2.45, 2.75) is 38.9 Å². The zero-order valence-corrected chi connectivity index (χ0v) is 54.0. The van der Waals surface area contributed by atoms with E-state index >= 15 is 0 Å². The Hall–Kier alpha value is -18.2. The zero-order chi connectivity index (χ0) is 71.2. The lowest BCUT2D eigenvalue weighted by Crippen LogP contribution is -2.26. The molecule has 0 radical (unpaired) electrons. The molecular formula is C94H27ClN2O2S. The molecule has 0 aliphatic heterocycles. The maximum absolute atomic E-state index is 11.5. The number of carbonyl (C=O) groups is 2. The van der Waals surface area contributed by atoms with Crippen molar-refractivity contribution >= 4 is 35.2 Å². The van der Waals surface area contributed by atoms with Crippen LogP contribution in [0.3, 0.4) is 0 Å². The maximum Gasteiger partial charge on any atom is 0.220 e. The molecule has 0 aromatic heterocycles. The second-order valence-electron chi connectivity index (χ2n) is 14.4. The summed E-state index contributed by atoms with van der Waals surface area (Å²) in [6, 6.07) is 8.06. The van der Waals surface area contributed by atoms with Crippen LogP contribution in [0.4, 0.5) is 0 Å². The number of aryl methyl sites for hydroxylation is 1. The predicted molar refractivity (Wildman–Crippen MR) is 401 cm³/mol. The van der Waals surface area contributed by atoms with Crippen LogP contribution in [-0.4, -0.2) is 24.1 Å². The van der Waals surface area contributed by atoms with Crippen LogP contribution in [0.2, 0.25) is 0 Å². The van der Waals surface area contributed by atoms with E-state index in [0.717, 1.165) is 24.0 Å². The van der Waals surface area contributed by atoms with E-state index in [2.05, 4.69) is 461 Å². The fraction of sp³-hybridized carbons (Fsp3) is 0.0851. The van der Waals surface area contributed by atoms with Gasteiger partial charge in [-0.05, 0) is 132 Å². The summed E-state index contributed by atoms with van der Waals surface area (Å²) in [5, 5.41) is 2.97. The van der Waals surface area contributed by atoms with E-state index in [1.165, 1.54) is 11.8 Å². The Morgan fingerprint density at radius 2 is 0.500 bits per heavy atom. The third-order valence-corrected chi connectivity index (χ3v) is 8.52. The van der Waals surface area contributed by atoms with Gasteiger partial charge in [-0.2, -0.15) is 0 Å². The first-order valence-corrected chi connectivity index (χ1v) is 27.6. The molecule has 0 atom stereocenters. The molecule has 0 aliphatic rings. The zero-order valence-electron chi connectivity index (χ0n) is 52.3. The van der Waals surface area contributed by atoms with Crippen molar-refractivity contribution in [2.75, 3.05) is 13.1 Å². The first kappa shape index (κ1) is 83.9. The smallest absolute Gasteiger partial charge is 0.220 e. The summed E-state index contributed by atoms with van der Waals surface area (Å²) in [5.74, 6) is 193. The van der Waals surface area contributed by atoms with E-state index in [0.29, 0.717) is 25.3 Å². The van der Waals surface area contributed by atoms with E-state index in [9.17, 15) is 9.59 Å². The molecule has 3 N–H and O–H groups in total. The number of terminal acetylenes is 1. The summed E-state index contributed by atoms with van der Waals surface area (Å²) in [6.45, 7) is 4.50. The molecule has 1 rings (SSSR count). The Morgan fingerprint density at radius 1 is 0.320 bits per heavy atom. The molecule has 0 saturated heterocycles. The monoisotopic (exact) mass is 1280 g/mol. The highest BCUT2D eigenvalue weighted by molar-refractivity contribution is 8.12. The van der Waals surface area contributed by atoms with Gasteiger partial charge in [0.25, 0.3) is 0 Å². The fourth-order valence-corrected chi connectivity index (χ4v) is 4.61. The Kier molecular flexibility index (Phi) is 62.9. The van der Waals surface area contributed by atoms with E-state index in [4.69, 9.17) is 12.2 Å². The normalized spacial score (nSPS) is 5.18. The van der Waals surface area contributed by atoms with Crippen molar-refractivity contribution in [1.29, 1.82) is 0 Å². The first-order valence-electron chi connectivity index (χ1n) is 26.6. The number of benzene rings is 1. The lowest BCUT2D eigenvalue weighted by Gasteiger charge is -2.05. The molecule has 1 amide bonds. The average molecular weight is 1280 g/mol. The minimum atomic E-state index is 0. The molecule has 4 nitrogen and oxygen atoms in total. The summed E-state index contributed by atoms with van der Waals surface area (Å²) in [6.07, 6.45) is 6.99. The molecule has 6 heteroatoms. The Bertz CT molecular complexity index is 6160. The summed E-state index contributed by atoms with van der Waals surface area (Å²) < 4.78 is 0. The van der Waals surface area contributed by atoms with Gasteiger partial charge in [-0.15, -0.1) is 18.8 Å². The SMILES string of the molecule is C#CC#CC#CC#CC#CC#CC#CC#CC#CC#CC#CC#CC#CC#CC#CC#CC#CC#CC#CC#CC#CC#CC#CC#CC#CC#CC#CC#CC#CC#CC#CC#CC#CC#CC#CC#CC#CC#CC#CC.CC(=O)SCc1ccc(CCC(=O)NCCCN)cc1.Cl. The van der Waals surface area contributed by atoms with Gasteiger partial charge < -0.3 is 11.1 Å². The molecule has 1 aromatic carbocycles. The quantitative estimate of drug-likeness (QED) is 0.311. The summed E-state index contributed by atoms with van der Waals surface area (Å²) in [7, 11) is 0. The molecule has 0 aliphatic carbocycles. The molecule has 0 unspecified atom stereocenters. The van der Waals surface area contributed by atoms with E-state index < -0.39 is 0 Å². The Balaban J connectivity index is 0. The highest BCUT2D eigenvalue weighted by atomic mass is 35.5. The topological polar surface area (TPSA) is 72.2 Å². The molecular weight excluding hydrogens is 1260 g/mol. The molecule has 100 heavy (non-hydrogen) atoms. The average Bonchev–Trinajstić information content (AvgIpc) is 1.01. The van der Waals surface area contributed by atoms with Gasteiger partial charge in [0.2, 0.25) is 5.91 Å². The van der Waals surface area contributed by atoms with Crippen molar-refractivity contribution in [1.82, 2.24) is 5.32 Å². The number of amides is 1. The van der Waals surface area contributed by atoms with Gasteiger partial charge in [0.1, 0.15) is 0 Å². The number of thioether (sulfide) groups is 1. The molecule has 0 spiro atoms. The van der Waals surface area contributed by atoms with Gasteiger partial charge in [0, 0.05) is 381 Å². The van der Waals surface area contributed by atoms with Gasteiger partial charge in [-0.1, -0.05) is 41.9 Å². The van der Waals surface area contributed by atoms with Gasteiger partial charge in [0.15, 0.2) is 5.12 Å². The third-order valence-electron chi connectivity index (χ3n) is 7.63. The Morgan fingerprint density at radius 3 is 0.670 bits per heavy atom. The van der Waals surface area contributed by atoms with Gasteiger partial charge in [-0.3, -0.25) is 9.59 Å². The summed E-state index contributed by atoms with van der Waals surface area (Å²) >= 11 is 1.31. The molecule has 0 bridgehead atoms. The van der Waals surface area contributed by atoms with Crippen molar-refractivity contribution in [3.8, 4) is 462 Å². The second-order valence-corrected chi connectivity index (χ2v) is 15.5. The van der Waals surface area contributed by atoms with Crippen LogP contribution in [0.15, 0.2) is 24.3 Å². The van der Waals surface area contributed by atoms with Crippen LogP contribution in [0.25, 0.3) is 0 Å². The van der Waals surface area contributed by atoms with E-state index in [1.807, 2.05) is 24.3 Å². The number of rotatable bonds is 8. The first-order chi connectivity index (χ1) is 49.0. The number of carbonyl (C=O) groups excluding carboxylic acids is 2. The predicted octanol–water partition coefficient (Wildman–Crippen LogP) is 3.05. The molecule has 438 valence electrons. The van der Waals surface area contributed by atoms with Gasteiger partial charge in [0.05, 0.1) is 0 Å². The number of hydrogen-bond acceptors (Lipinski definition) is 4. The minimum absolute atomic E-state index is 0. The largest absolute Gasteiger partial charge is 0.356 e. The lowest BCUT2D eigenvalue weighted by atomic mass is 10.1. The van der Waals surface area contributed by atoms with Gasteiger partial charge in [-0.25, -0.2) is 0 Å². The number of halogens is 1. The van der Waals surface area contributed by atoms with Crippen molar-refractivity contribution in [2.24, 2.45) is 5.73 Å². The minimum Gasteiger partial charge on any atom is -0.356 e. The highest BCUT2D eigenvalue weighted by Gasteiger charge is 2.03. The molecule has 0 heterocycles. The highest BCUT2D eigenvalue weighted by Crippen LogP contribution is 2.14. The van der Waals surface area contributed by atoms with Gasteiger partial charge >= 0.3 is 0 Å². The van der Waals surface area contributed by atoms with Crippen molar-refractivity contribution in [3.05, 3.63) is 35.4 Å². The lowest BCUT2D eigenvalue weighted by molar-refractivity contribution is -0.121. The van der Waals surface area contributed by atoms with Crippen molar-refractivity contribution < 1.29 is 9.59 Å². The standard InChI is InChI=1S/C79H4.C15H22N2O2S.ClH/c1-3-5-7-9-11-13-15-17-19-21-23-25-27-29-31-33-35-37-39-41-43-45-47-49-51-53-55-57-59-61-63-65-67-69-71-73-75-77-79-78-76-74-72-70-68-66-64-62-60-58-56-54-52-50-48-46-44-42-40-38-36-34-32-30-28-26-24-22-20-18-16-14-12-10-8-6-4-2;1-12(18)20-11-14-5-3-13(4-6-14)7-8-15(19)17-10-2-9-16;/h1H,2H3;3-6H,2,7-11,16H2,1H3,(H,17,19);1H. The van der Waals surface area contributed by atoms with Crippen molar-refractivity contribution in [3.63, 3.8) is 0 Å². The van der Waals surface area contributed by atoms with E-state index in [1.54, 1.807) is 13.8 Å². The van der Waals surface area contributed by atoms with Crippen LogP contribution in [0, 0.1) is 462 Å². The van der Waals surface area contributed by atoms with Crippen LogP contribution >= 0.6 is 24.2 Å².